The number of hydrogen-bond acceptors (Lipinski definition) is 4. The molecule has 41 heavy (non-hydrogen) atoms. The molecule has 3 rings (SSSR count). The Balaban J connectivity index is 2.03. The number of nitrogens with zero attached hydrogens (tertiary/aromatic N) is 2. The Morgan fingerprint density at radius 3 is 2.05 bits per heavy atom. The highest BCUT2D eigenvalue weighted by Gasteiger charge is 2.33. The number of nitrogens with one attached hydrogen (secondary N) is 1. The fourth-order valence-electron chi connectivity index (χ4n) is 4.45. The number of rotatable bonds is 12. The van der Waals surface area contributed by atoms with Gasteiger partial charge in [-0.05, 0) is 52.8 Å². The van der Waals surface area contributed by atoms with E-state index in [4.69, 9.17) is 0 Å². The van der Waals surface area contributed by atoms with Crippen molar-refractivity contribution >= 4 is 27.5 Å². The Labute approximate surface area is 243 Å². The van der Waals surface area contributed by atoms with Crippen LogP contribution in [0.3, 0.4) is 0 Å². The van der Waals surface area contributed by atoms with Crippen LogP contribution < -0.4 is 9.62 Å². The van der Waals surface area contributed by atoms with Crippen LogP contribution in [0.15, 0.2) is 78.9 Å². The standard InChI is InChI=1S/C32H40FN3O4S/c1-6-20-34-31(38)29(21-24-10-8-7-9-11-24)35(22-25-12-16-27(33)17-13-25)30(37)23-36(41(5,39)40)28-18-14-26(15-19-28)32(2,3)4/h7-19,29H,6,20-23H2,1-5H3,(H,34,38). The average molecular weight is 582 g/mol. The minimum absolute atomic E-state index is 0.00325. The summed E-state index contributed by atoms with van der Waals surface area (Å²) in [6.07, 6.45) is 1.99. The molecule has 0 aliphatic carbocycles. The summed E-state index contributed by atoms with van der Waals surface area (Å²) in [5.74, 6) is -1.31. The van der Waals surface area contributed by atoms with Gasteiger partial charge in [0.1, 0.15) is 18.4 Å². The van der Waals surface area contributed by atoms with Crippen LogP contribution in [0.4, 0.5) is 10.1 Å². The lowest BCUT2D eigenvalue weighted by Crippen LogP contribution is -2.53. The van der Waals surface area contributed by atoms with E-state index in [1.54, 1.807) is 24.3 Å². The molecule has 0 fully saturated rings. The number of carbonyl (C=O) groups is 2. The Morgan fingerprint density at radius 1 is 0.902 bits per heavy atom. The van der Waals surface area contributed by atoms with E-state index in [1.165, 1.54) is 17.0 Å². The van der Waals surface area contributed by atoms with Crippen LogP contribution in [0.25, 0.3) is 0 Å². The summed E-state index contributed by atoms with van der Waals surface area (Å²) in [6.45, 7) is 8.04. The van der Waals surface area contributed by atoms with Gasteiger partial charge in [0, 0.05) is 19.5 Å². The molecule has 0 radical (unpaired) electrons. The van der Waals surface area contributed by atoms with Crippen molar-refractivity contribution in [1.29, 1.82) is 0 Å². The molecule has 2 amide bonds. The maximum Gasteiger partial charge on any atom is 0.244 e. The molecule has 1 atom stereocenters. The van der Waals surface area contributed by atoms with Gasteiger partial charge in [-0.2, -0.15) is 0 Å². The third-order valence-corrected chi connectivity index (χ3v) is 7.93. The van der Waals surface area contributed by atoms with Gasteiger partial charge in [-0.3, -0.25) is 13.9 Å². The molecule has 1 unspecified atom stereocenters. The molecule has 0 aromatic heterocycles. The summed E-state index contributed by atoms with van der Waals surface area (Å²) in [5.41, 5.74) is 2.70. The predicted molar refractivity (Wildman–Crippen MR) is 162 cm³/mol. The highest BCUT2D eigenvalue weighted by atomic mass is 32.2. The molecule has 0 bridgehead atoms. The summed E-state index contributed by atoms with van der Waals surface area (Å²) >= 11 is 0. The summed E-state index contributed by atoms with van der Waals surface area (Å²) in [5, 5.41) is 2.89. The summed E-state index contributed by atoms with van der Waals surface area (Å²) < 4.78 is 40.6. The van der Waals surface area contributed by atoms with Crippen molar-refractivity contribution in [3.8, 4) is 0 Å². The number of hydrogen-bond donors (Lipinski definition) is 1. The Hall–Kier alpha value is -3.72. The predicted octanol–water partition coefficient (Wildman–Crippen LogP) is 5.06. The number of halogens is 1. The third-order valence-electron chi connectivity index (χ3n) is 6.79. The van der Waals surface area contributed by atoms with Crippen molar-refractivity contribution in [2.45, 2.75) is 58.5 Å². The Kier molecular flexibility index (Phi) is 10.7. The zero-order chi connectivity index (χ0) is 30.2. The molecule has 3 aromatic rings. The van der Waals surface area contributed by atoms with Gasteiger partial charge in [0.25, 0.3) is 0 Å². The average Bonchev–Trinajstić information content (AvgIpc) is 2.92. The Morgan fingerprint density at radius 2 is 1.51 bits per heavy atom. The van der Waals surface area contributed by atoms with Gasteiger partial charge in [0.15, 0.2) is 0 Å². The topological polar surface area (TPSA) is 86.8 Å². The van der Waals surface area contributed by atoms with Crippen molar-refractivity contribution in [1.82, 2.24) is 10.2 Å². The molecule has 0 spiro atoms. The molecule has 3 aromatic carbocycles. The molecule has 0 heterocycles. The molecule has 7 nitrogen and oxygen atoms in total. The second-order valence-electron chi connectivity index (χ2n) is 11.2. The van der Waals surface area contributed by atoms with Crippen molar-refractivity contribution in [3.63, 3.8) is 0 Å². The molecule has 0 aliphatic heterocycles. The maximum absolute atomic E-state index is 14.0. The van der Waals surface area contributed by atoms with Crippen LogP contribution in [0.2, 0.25) is 0 Å². The molecular weight excluding hydrogens is 541 g/mol. The van der Waals surface area contributed by atoms with Gasteiger partial charge < -0.3 is 10.2 Å². The first kappa shape index (κ1) is 31.8. The first-order valence-electron chi connectivity index (χ1n) is 13.7. The maximum atomic E-state index is 14.0. The largest absolute Gasteiger partial charge is 0.354 e. The quantitative estimate of drug-likeness (QED) is 0.324. The monoisotopic (exact) mass is 581 g/mol. The lowest BCUT2D eigenvalue weighted by Gasteiger charge is -2.33. The molecule has 0 saturated carbocycles. The number of sulfonamides is 1. The van der Waals surface area contributed by atoms with Crippen molar-refractivity contribution < 1.29 is 22.4 Å². The van der Waals surface area contributed by atoms with Crippen LogP contribution >= 0.6 is 0 Å². The van der Waals surface area contributed by atoms with Crippen molar-refractivity contribution in [3.05, 3.63) is 101 Å². The minimum atomic E-state index is -3.86. The van der Waals surface area contributed by atoms with Gasteiger partial charge in [0.05, 0.1) is 11.9 Å². The normalized spacial score (nSPS) is 12.4. The fourth-order valence-corrected chi connectivity index (χ4v) is 5.30. The van der Waals surface area contributed by atoms with E-state index in [2.05, 4.69) is 26.1 Å². The summed E-state index contributed by atoms with van der Waals surface area (Å²) in [4.78, 5) is 28.9. The van der Waals surface area contributed by atoms with E-state index in [0.717, 1.165) is 21.7 Å². The van der Waals surface area contributed by atoms with Crippen LogP contribution in [0.1, 0.15) is 50.8 Å². The lowest BCUT2D eigenvalue weighted by atomic mass is 9.87. The highest BCUT2D eigenvalue weighted by molar-refractivity contribution is 7.92. The second kappa shape index (κ2) is 13.8. The first-order chi connectivity index (χ1) is 19.3. The molecule has 1 N–H and O–H groups in total. The van der Waals surface area contributed by atoms with E-state index in [1.807, 2.05) is 49.4 Å². The molecular formula is C32H40FN3O4S. The number of benzene rings is 3. The molecule has 0 saturated heterocycles. The number of anilines is 1. The lowest BCUT2D eigenvalue weighted by molar-refractivity contribution is -0.140. The zero-order valence-electron chi connectivity index (χ0n) is 24.4. The van der Waals surface area contributed by atoms with Crippen LogP contribution in [-0.2, 0) is 38.0 Å². The zero-order valence-corrected chi connectivity index (χ0v) is 25.2. The highest BCUT2D eigenvalue weighted by Crippen LogP contribution is 2.26. The molecule has 9 heteroatoms. The van der Waals surface area contributed by atoms with Crippen molar-refractivity contribution in [2.24, 2.45) is 0 Å². The van der Waals surface area contributed by atoms with Crippen LogP contribution in [0, 0.1) is 5.82 Å². The van der Waals surface area contributed by atoms with Gasteiger partial charge in [-0.1, -0.05) is 82.3 Å². The van der Waals surface area contributed by atoms with Crippen LogP contribution in [0.5, 0.6) is 0 Å². The van der Waals surface area contributed by atoms with E-state index < -0.39 is 34.3 Å². The number of carbonyl (C=O) groups excluding carboxylic acids is 2. The van der Waals surface area contributed by atoms with Gasteiger partial charge in [-0.25, -0.2) is 12.8 Å². The molecule has 220 valence electrons. The minimum Gasteiger partial charge on any atom is -0.354 e. The molecule has 0 aliphatic rings. The number of amides is 2. The van der Waals surface area contributed by atoms with Gasteiger partial charge in [0.2, 0.25) is 21.8 Å². The van der Waals surface area contributed by atoms with E-state index in [0.29, 0.717) is 24.2 Å². The van der Waals surface area contributed by atoms with Gasteiger partial charge in [-0.15, -0.1) is 0 Å². The Bertz CT molecular complexity index is 1400. The summed E-state index contributed by atoms with van der Waals surface area (Å²) in [6, 6.07) is 21.2. The van der Waals surface area contributed by atoms with Crippen LogP contribution in [-0.4, -0.2) is 50.5 Å². The fraction of sp³-hybridized carbons (Fsp3) is 0.375. The summed E-state index contributed by atoms with van der Waals surface area (Å²) in [7, 11) is -3.86. The van der Waals surface area contributed by atoms with E-state index >= 15 is 0 Å². The SMILES string of the molecule is CCCNC(=O)C(Cc1ccccc1)N(Cc1ccc(F)cc1)C(=O)CN(c1ccc(C(C)(C)C)cc1)S(C)(=O)=O. The smallest absolute Gasteiger partial charge is 0.244 e. The third kappa shape index (κ3) is 9.14. The van der Waals surface area contributed by atoms with E-state index in [-0.39, 0.29) is 24.3 Å². The van der Waals surface area contributed by atoms with Gasteiger partial charge >= 0.3 is 0 Å². The first-order valence-corrected chi connectivity index (χ1v) is 15.6. The second-order valence-corrected chi connectivity index (χ2v) is 13.1. The van der Waals surface area contributed by atoms with Crippen molar-refractivity contribution in [2.75, 3.05) is 23.7 Å². The van der Waals surface area contributed by atoms with E-state index in [9.17, 15) is 22.4 Å².